The Hall–Kier alpha value is -1.39. The van der Waals surface area contributed by atoms with Gasteiger partial charge in [0.05, 0.1) is 0 Å². The Bertz CT molecular complexity index is 564. The number of thiophene rings is 2. The zero-order valence-corrected chi connectivity index (χ0v) is 12.8. The van der Waals surface area contributed by atoms with Gasteiger partial charge in [-0.25, -0.2) is 0 Å². The standard InChI is InChI=1S/C16H17NOS2/c18-16(2-1-13-5-9-19-11-13)17-7-3-14(4-8-17)15-6-10-20-12-15/h1-2,5-6,9-12,14H,3-4,7-8H2/b2-1+. The molecule has 104 valence electrons. The van der Waals surface area contributed by atoms with E-state index in [1.165, 1.54) is 5.56 Å². The van der Waals surface area contributed by atoms with Crippen molar-refractivity contribution < 1.29 is 4.79 Å². The fourth-order valence-corrected chi connectivity index (χ4v) is 3.95. The molecule has 2 aromatic heterocycles. The van der Waals surface area contributed by atoms with Crippen molar-refractivity contribution in [1.82, 2.24) is 4.90 Å². The Morgan fingerprint density at radius 2 is 1.90 bits per heavy atom. The van der Waals surface area contributed by atoms with Crippen LogP contribution in [0.3, 0.4) is 0 Å². The first kappa shape index (κ1) is 13.6. The van der Waals surface area contributed by atoms with Gasteiger partial charge in [0.25, 0.3) is 0 Å². The van der Waals surface area contributed by atoms with Crippen molar-refractivity contribution in [1.29, 1.82) is 0 Å². The fourth-order valence-electron chi connectivity index (χ4n) is 2.58. The Kier molecular flexibility index (Phi) is 4.33. The molecule has 0 aromatic carbocycles. The van der Waals surface area contributed by atoms with Crippen LogP contribution in [0.5, 0.6) is 0 Å². The molecule has 1 fully saturated rings. The molecule has 2 nitrogen and oxygen atoms in total. The lowest BCUT2D eigenvalue weighted by molar-refractivity contribution is -0.126. The Morgan fingerprint density at radius 1 is 1.15 bits per heavy atom. The van der Waals surface area contributed by atoms with Gasteiger partial charge < -0.3 is 4.90 Å². The highest BCUT2D eigenvalue weighted by Gasteiger charge is 2.22. The van der Waals surface area contributed by atoms with E-state index >= 15 is 0 Å². The molecule has 2 aromatic rings. The van der Waals surface area contributed by atoms with Gasteiger partial charge in [-0.3, -0.25) is 4.79 Å². The van der Waals surface area contributed by atoms with Crippen molar-refractivity contribution in [3.05, 3.63) is 50.9 Å². The summed E-state index contributed by atoms with van der Waals surface area (Å²) < 4.78 is 0. The van der Waals surface area contributed by atoms with E-state index in [1.54, 1.807) is 28.7 Å². The number of hydrogen-bond donors (Lipinski definition) is 0. The van der Waals surface area contributed by atoms with Crippen molar-refractivity contribution in [2.75, 3.05) is 13.1 Å². The summed E-state index contributed by atoms with van der Waals surface area (Å²) in [5.41, 5.74) is 2.55. The quantitative estimate of drug-likeness (QED) is 0.777. The third kappa shape index (κ3) is 3.19. The van der Waals surface area contributed by atoms with Gasteiger partial charge in [0.1, 0.15) is 0 Å². The Balaban J connectivity index is 1.54. The van der Waals surface area contributed by atoms with Gasteiger partial charge in [0, 0.05) is 19.2 Å². The fraction of sp³-hybridized carbons (Fsp3) is 0.312. The van der Waals surface area contributed by atoms with Crippen LogP contribution in [0.1, 0.15) is 29.9 Å². The van der Waals surface area contributed by atoms with Gasteiger partial charge in [0.2, 0.25) is 5.91 Å². The summed E-state index contributed by atoms with van der Waals surface area (Å²) in [6.07, 6.45) is 5.76. The molecule has 0 spiro atoms. The van der Waals surface area contributed by atoms with Crippen LogP contribution >= 0.6 is 22.7 Å². The SMILES string of the molecule is O=C(/C=C/c1ccsc1)N1CCC(c2ccsc2)CC1. The minimum Gasteiger partial charge on any atom is -0.339 e. The first-order valence-electron chi connectivity index (χ1n) is 6.84. The minimum atomic E-state index is 0.139. The topological polar surface area (TPSA) is 20.3 Å². The first-order valence-corrected chi connectivity index (χ1v) is 8.73. The molecule has 3 heterocycles. The summed E-state index contributed by atoms with van der Waals surface area (Å²) in [5, 5.41) is 8.44. The van der Waals surface area contributed by atoms with Crippen molar-refractivity contribution in [3.8, 4) is 0 Å². The maximum Gasteiger partial charge on any atom is 0.246 e. The minimum absolute atomic E-state index is 0.139. The summed E-state index contributed by atoms with van der Waals surface area (Å²) in [4.78, 5) is 14.1. The zero-order chi connectivity index (χ0) is 13.8. The molecule has 0 aliphatic carbocycles. The van der Waals surface area contributed by atoms with Gasteiger partial charge in [-0.1, -0.05) is 0 Å². The van der Waals surface area contributed by atoms with Gasteiger partial charge in [-0.05, 0) is 69.6 Å². The molecule has 0 atom stereocenters. The molecular weight excluding hydrogens is 286 g/mol. The van der Waals surface area contributed by atoms with Crippen LogP contribution in [0.4, 0.5) is 0 Å². The van der Waals surface area contributed by atoms with Crippen LogP contribution < -0.4 is 0 Å². The van der Waals surface area contributed by atoms with E-state index < -0.39 is 0 Å². The second-order valence-electron chi connectivity index (χ2n) is 5.05. The number of amides is 1. The molecule has 0 N–H and O–H groups in total. The molecule has 4 heteroatoms. The summed E-state index contributed by atoms with van der Waals surface area (Å²) in [6, 6.07) is 4.24. The highest BCUT2D eigenvalue weighted by atomic mass is 32.1. The average Bonchev–Trinajstić information content (AvgIpc) is 3.18. The van der Waals surface area contributed by atoms with E-state index in [1.807, 2.05) is 27.8 Å². The Morgan fingerprint density at radius 3 is 2.55 bits per heavy atom. The predicted molar refractivity (Wildman–Crippen MR) is 86.2 cm³/mol. The van der Waals surface area contributed by atoms with Crippen molar-refractivity contribution in [3.63, 3.8) is 0 Å². The van der Waals surface area contributed by atoms with Crippen molar-refractivity contribution in [2.24, 2.45) is 0 Å². The number of rotatable bonds is 3. The molecule has 1 amide bonds. The van der Waals surface area contributed by atoms with Crippen LogP contribution in [-0.4, -0.2) is 23.9 Å². The monoisotopic (exact) mass is 303 g/mol. The van der Waals surface area contributed by atoms with Crippen LogP contribution in [0, 0.1) is 0 Å². The molecule has 0 radical (unpaired) electrons. The predicted octanol–water partition coefficient (Wildman–Crippen LogP) is 4.23. The van der Waals surface area contributed by atoms with Crippen molar-refractivity contribution >= 4 is 34.7 Å². The third-order valence-electron chi connectivity index (χ3n) is 3.78. The first-order chi connectivity index (χ1) is 9.83. The molecule has 0 saturated carbocycles. The summed E-state index contributed by atoms with van der Waals surface area (Å²) in [5.74, 6) is 0.770. The third-order valence-corrected chi connectivity index (χ3v) is 5.19. The lowest BCUT2D eigenvalue weighted by Crippen LogP contribution is -2.36. The van der Waals surface area contributed by atoms with Gasteiger partial charge >= 0.3 is 0 Å². The van der Waals surface area contributed by atoms with E-state index in [9.17, 15) is 4.79 Å². The number of piperidine rings is 1. The molecule has 3 rings (SSSR count). The zero-order valence-electron chi connectivity index (χ0n) is 11.2. The van der Waals surface area contributed by atoms with Gasteiger partial charge in [0.15, 0.2) is 0 Å². The maximum absolute atomic E-state index is 12.1. The summed E-state index contributed by atoms with van der Waals surface area (Å²) >= 11 is 3.41. The maximum atomic E-state index is 12.1. The average molecular weight is 303 g/mol. The van der Waals surface area contributed by atoms with E-state index in [4.69, 9.17) is 0 Å². The number of likely N-dealkylation sites (tertiary alicyclic amines) is 1. The summed E-state index contributed by atoms with van der Waals surface area (Å²) in [6.45, 7) is 1.74. The summed E-state index contributed by atoms with van der Waals surface area (Å²) in [7, 11) is 0. The normalized spacial score (nSPS) is 16.9. The lowest BCUT2D eigenvalue weighted by Gasteiger charge is -2.31. The smallest absolute Gasteiger partial charge is 0.246 e. The molecule has 0 bridgehead atoms. The molecule has 20 heavy (non-hydrogen) atoms. The molecular formula is C16H17NOS2. The molecule has 1 aliphatic heterocycles. The van der Waals surface area contributed by atoms with E-state index in [0.29, 0.717) is 5.92 Å². The van der Waals surface area contributed by atoms with Crippen LogP contribution in [0.2, 0.25) is 0 Å². The highest BCUT2D eigenvalue weighted by molar-refractivity contribution is 7.08. The van der Waals surface area contributed by atoms with E-state index in [-0.39, 0.29) is 5.91 Å². The molecule has 1 aliphatic rings. The lowest BCUT2D eigenvalue weighted by atomic mass is 9.91. The van der Waals surface area contributed by atoms with E-state index in [2.05, 4.69) is 16.8 Å². The largest absolute Gasteiger partial charge is 0.339 e. The molecule has 1 saturated heterocycles. The Labute approximate surface area is 127 Å². The van der Waals surface area contributed by atoms with E-state index in [0.717, 1.165) is 31.5 Å². The van der Waals surface area contributed by atoms with Crippen LogP contribution in [0.15, 0.2) is 39.7 Å². The van der Waals surface area contributed by atoms with Gasteiger partial charge in [-0.15, -0.1) is 0 Å². The van der Waals surface area contributed by atoms with Crippen molar-refractivity contribution in [2.45, 2.75) is 18.8 Å². The van der Waals surface area contributed by atoms with Crippen LogP contribution in [-0.2, 0) is 4.79 Å². The second kappa shape index (κ2) is 6.37. The number of nitrogens with zero attached hydrogens (tertiary/aromatic N) is 1. The van der Waals surface area contributed by atoms with Crippen LogP contribution in [0.25, 0.3) is 6.08 Å². The highest BCUT2D eigenvalue weighted by Crippen LogP contribution is 2.29. The second-order valence-corrected chi connectivity index (χ2v) is 6.61. The molecule has 0 unspecified atom stereocenters. The van der Waals surface area contributed by atoms with Gasteiger partial charge in [-0.2, -0.15) is 22.7 Å². The number of carbonyl (C=O) groups is 1. The number of carbonyl (C=O) groups excluding carboxylic acids is 1. The number of hydrogen-bond acceptors (Lipinski definition) is 3.